The third-order valence-electron chi connectivity index (χ3n) is 3.08. The van der Waals surface area contributed by atoms with Crippen LogP contribution in [-0.4, -0.2) is 53.2 Å². The Bertz CT molecular complexity index is 381. The Morgan fingerprint density at radius 2 is 1.83 bits per heavy atom. The lowest BCUT2D eigenvalue weighted by molar-refractivity contribution is 0.0168. The molecular weight excluding hydrogens is 312 g/mol. The number of thiophene rings is 1. The van der Waals surface area contributed by atoms with Gasteiger partial charge in [-0.1, -0.05) is 0 Å². The number of nitrogens with zero attached hydrogens (tertiary/aromatic N) is 2. The highest BCUT2D eigenvalue weighted by atomic mass is 79.9. The standard InChI is InChI=1S/C13H21BrN2OS/c1-13(2,17)10-16-7-5-15(6-8-16)9-11-3-4-12(14)18-11/h3-4,17H,5-10H2,1-2H3. The molecule has 1 N–H and O–H groups in total. The molecule has 102 valence electrons. The number of β-amino-alcohol motifs (C(OH)–C–C–N with tert-alkyl or cyclic N) is 1. The van der Waals surface area contributed by atoms with Crippen LogP contribution in [-0.2, 0) is 6.54 Å². The molecule has 1 aromatic heterocycles. The topological polar surface area (TPSA) is 26.7 Å². The van der Waals surface area contributed by atoms with Crippen molar-refractivity contribution < 1.29 is 5.11 Å². The Morgan fingerprint density at radius 3 is 2.33 bits per heavy atom. The van der Waals surface area contributed by atoms with Gasteiger partial charge in [-0.2, -0.15) is 0 Å². The van der Waals surface area contributed by atoms with E-state index < -0.39 is 5.60 Å². The molecule has 18 heavy (non-hydrogen) atoms. The number of piperazine rings is 1. The third-order valence-corrected chi connectivity index (χ3v) is 4.69. The summed E-state index contributed by atoms with van der Waals surface area (Å²) >= 11 is 5.32. The van der Waals surface area contributed by atoms with E-state index in [-0.39, 0.29) is 0 Å². The lowest BCUT2D eigenvalue weighted by Crippen LogP contribution is -2.50. The Balaban J connectivity index is 1.77. The van der Waals surface area contributed by atoms with Crippen LogP contribution in [0.4, 0.5) is 0 Å². The summed E-state index contributed by atoms with van der Waals surface area (Å²) in [5.41, 5.74) is -0.583. The lowest BCUT2D eigenvalue weighted by atomic mass is 10.1. The fourth-order valence-corrected chi connectivity index (χ4v) is 3.84. The number of halogens is 1. The van der Waals surface area contributed by atoms with Gasteiger partial charge in [-0.05, 0) is 41.9 Å². The molecule has 1 fully saturated rings. The van der Waals surface area contributed by atoms with E-state index in [2.05, 4.69) is 37.9 Å². The average molecular weight is 333 g/mol. The molecule has 3 nitrogen and oxygen atoms in total. The maximum atomic E-state index is 9.81. The van der Waals surface area contributed by atoms with E-state index in [1.165, 1.54) is 8.66 Å². The zero-order valence-electron chi connectivity index (χ0n) is 11.0. The highest BCUT2D eigenvalue weighted by Gasteiger charge is 2.22. The van der Waals surface area contributed by atoms with E-state index in [4.69, 9.17) is 0 Å². The van der Waals surface area contributed by atoms with Gasteiger partial charge in [-0.3, -0.25) is 9.80 Å². The Morgan fingerprint density at radius 1 is 1.22 bits per heavy atom. The van der Waals surface area contributed by atoms with Crippen molar-refractivity contribution in [2.75, 3.05) is 32.7 Å². The number of hydrogen-bond donors (Lipinski definition) is 1. The third kappa shape index (κ3) is 4.63. The summed E-state index contributed by atoms with van der Waals surface area (Å²) in [6.07, 6.45) is 0. The minimum Gasteiger partial charge on any atom is -0.389 e. The van der Waals surface area contributed by atoms with Gasteiger partial charge in [0.1, 0.15) is 0 Å². The first-order valence-electron chi connectivity index (χ1n) is 6.34. The quantitative estimate of drug-likeness (QED) is 0.917. The van der Waals surface area contributed by atoms with Gasteiger partial charge in [-0.25, -0.2) is 0 Å². The SMILES string of the molecule is CC(C)(O)CN1CCN(Cc2ccc(Br)s2)CC1. The second-order valence-electron chi connectivity index (χ2n) is 5.57. The van der Waals surface area contributed by atoms with Crippen LogP contribution in [0.5, 0.6) is 0 Å². The Kier molecular flexibility index (Phi) is 4.83. The monoisotopic (exact) mass is 332 g/mol. The second-order valence-corrected chi connectivity index (χ2v) is 8.12. The van der Waals surface area contributed by atoms with E-state index in [9.17, 15) is 5.11 Å². The molecule has 1 aliphatic rings. The fourth-order valence-electron chi connectivity index (χ4n) is 2.31. The summed E-state index contributed by atoms with van der Waals surface area (Å²) in [5, 5.41) is 9.81. The first-order chi connectivity index (χ1) is 8.42. The molecule has 0 amide bonds. The number of aliphatic hydroxyl groups is 1. The summed E-state index contributed by atoms with van der Waals surface area (Å²) < 4.78 is 1.21. The van der Waals surface area contributed by atoms with Crippen LogP contribution in [0.1, 0.15) is 18.7 Å². The van der Waals surface area contributed by atoms with Gasteiger partial charge < -0.3 is 5.11 Å². The van der Waals surface area contributed by atoms with Crippen LogP contribution >= 0.6 is 27.3 Å². The van der Waals surface area contributed by atoms with Crippen molar-refractivity contribution in [3.05, 3.63) is 20.8 Å². The molecule has 0 saturated carbocycles. The van der Waals surface area contributed by atoms with E-state index >= 15 is 0 Å². The zero-order chi connectivity index (χ0) is 13.2. The van der Waals surface area contributed by atoms with Gasteiger partial charge in [0.25, 0.3) is 0 Å². The number of rotatable bonds is 4. The predicted molar refractivity (Wildman–Crippen MR) is 80.0 cm³/mol. The summed E-state index contributed by atoms with van der Waals surface area (Å²) in [6.45, 7) is 9.85. The maximum absolute atomic E-state index is 9.81. The van der Waals surface area contributed by atoms with Crippen molar-refractivity contribution >= 4 is 27.3 Å². The first kappa shape index (κ1) is 14.5. The van der Waals surface area contributed by atoms with Crippen LogP contribution < -0.4 is 0 Å². The van der Waals surface area contributed by atoms with Crippen molar-refractivity contribution in [1.82, 2.24) is 9.80 Å². The highest BCUT2D eigenvalue weighted by molar-refractivity contribution is 9.11. The molecule has 2 heterocycles. The van der Waals surface area contributed by atoms with Crippen LogP contribution in [0.15, 0.2) is 15.9 Å². The minimum absolute atomic E-state index is 0.583. The molecule has 5 heteroatoms. The van der Waals surface area contributed by atoms with Crippen LogP contribution in [0.25, 0.3) is 0 Å². The van der Waals surface area contributed by atoms with Crippen LogP contribution in [0.3, 0.4) is 0 Å². The van der Waals surface area contributed by atoms with Crippen molar-refractivity contribution in [3.8, 4) is 0 Å². The maximum Gasteiger partial charge on any atom is 0.0718 e. The van der Waals surface area contributed by atoms with Crippen LogP contribution in [0.2, 0.25) is 0 Å². The zero-order valence-corrected chi connectivity index (χ0v) is 13.4. The molecule has 2 rings (SSSR count). The average Bonchev–Trinajstić information content (AvgIpc) is 2.65. The van der Waals surface area contributed by atoms with Crippen molar-refractivity contribution in [1.29, 1.82) is 0 Å². The smallest absolute Gasteiger partial charge is 0.0718 e. The summed E-state index contributed by atoms with van der Waals surface area (Å²) in [4.78, 5) is 6.25. The molecule has 0 radical (unpaired) electrons. The van der Waals surface area contributed by atoms with Gasteiger partial charge in [0.2, 0.25) is 0 Å². The van der Waals surface area contributed by atoms with Gasteiger partial charge in [-0.15, -0.1) is 11.3 Å². The second kappa shape index (κ2) is 6.01. The first-order valence-corrected chi connectivity index (χ1v) is 7.95. The minimum atomic E-state index is -0.583. The Hall–Kier alpha value is 0.0600. The van der Waals surface area contributed by atoms with Gasteiger partial charge >= 0.3 is 0 Å². The largest absolute Gasteiger partial charge is 0.389 e. The van der Waals surface area contributed by atoms with E-state index in [0.717, 1.165) is 39.3 Å². The molecule has 1 aliphatic heterocycles. The molecule has 0 unspecified atom stereocenters. The summed E-state index contributed by atoms with van der Waals surface area (Å²) in [7, 11) is 0. The van der Waals surface area contributed by atoms with Gasteiger partial charge in [0.15, 0.2) is 0 Å². The summed E-state index contributed by atoms with van der Waals surface area (Å²) in [6, 6.07) is 4.31. The molecule has 0 atom stereocenters. The lowest BCUT2D eigenvalue weighted by Gasteiger charge is -2.37. The predicted octanol–water partition coefficient (Wildman–Crippen LogP) is 2.40. The summed E-state index contributed by atoms with van der Waals surface area (Å²) in [5.74, 6) is 0. The molecule has 0 aromatic carbocycles. The van der Waals surface area contributed by atoms with E-state index in [0.29, 0.717) is 0 Å². The molecule has 0 aliphatic carbocycles. The van der Waals surface area contributed by atoms with Gasteiger partial charge in [0.05, 0.1) is 9.39 Å². The molecular formula is C13H21BrN2OS. The fraction of sp³-hybridized carbons (Fsp3) is 0.692. The van der Waals surface area contributed by atoms with Crippen molar-refractivity contribution in [2.24, 2.45) is 0 Å². The van der Waals surface area contributed by atoms with E-state index in [1.54, 1.807) is 0 Å². The Labute approximate surface area is 122 Å². The van der Waals surface area contributed by atoms with Crippen LogP contribution in [0, 0.1) is 0 Å². The molecule has 0 bridgehead atoms. The molecule has 0 spiro atoms. The normalized spacial score (nSPS) is 19.3. The van der Waals surface area contributed by atoms with Crippen molar-refractivity contribution in [2.45, 2.75) is 26.0 Å². The van der Waals surface area contributed by atoms with Crippen molar-refractivity contribution in [3.63, 3.8) is 0 Å². The highest BCUT2D eigenvalue weighted by Crippen LogP contribution is 2.23. The number of hydrogen-bond acceptors (Lipinski definition) is 4. The van der Waals surface area contributed by atoms with Gasteiger partial charge in [0, 0.05) is 44.1 Å². The molecule has 1 saturated heterocycles. The van der Waals surface area contributed by atoms with E-state index in [1.807, 2.05) is 25.2 Å². The molecule has 1 aromatic rings.